The summed E-state index contributed by atoms with van der Waals surface area (Å²) < 4.78 is 18.9. The monoisotopic (exact) mass is 405 g/mol. The highest BCUT2D eigenvalue weighted by atomic mass is 32.2. The first-order valence-electron chi connectivity index (χ1n) is 9.65. The van der Waals surface area contributed by atoms with E-state index in [1.807, 2.05) is 13.8 Å². The van der Waals surface area contributed by atoms with Gasteiger partial charge in [-0.05, 0) is 75.4 Å². The van der Waals surface area contributed by atoms with Crippen molar-refractivity contribution in [1.29, 1.82) is 0 Å². The van der Waals surface area contributed by atoms with Crippen LogP contribution in [0.4, 0.5) is 9.18 Å². The van der Waals surface area contributed by atoms with Crippen molar-refractivity contribution in [2.45, 2.75) is 38.3 Å². The van der Waals surface area contributed by atoms with Crippen LogP contribution >= 0.6 is 11.8 Å². The summed E-state index contributed by atoms with van der Waals surface area (Å²) in [7, 11) is 0. The third-order valence-electron chi connectivity index (χ3n) is 5.20. The second-order valence-corrected chi connectivity index (χ2v) is 8.96. The molecule has 28 heavy (non-hydrogen) atoms. The number of alkyl carbamates (subject to hydrolysis) is 1. The molecule has 1 aromatic rings. The molecule has 1 amide bonds. The summed E-state index contributed by atoms with van der Waals surface area (Å²) in [5.74, 6) is 0.190. The first kappa shape index (κ1) is 20.9. The zero-order chi connectivity index (χ0) is 20.1. The number of halogens is 1. The number of hydrogen-bond donors (Lipinski definition) is 1. The molecule has 3 heterocycles. The fourth-order valence-electron chi connectivity index (χ4n) is 3.66. The number of hydrogen-bond acceptors (Lipinski definition) is 5. The van der Waals surface area contributed by atoms with Gasteiger partial charge in [0.05, 0.1) is 12.1 Å². The van der Waals surface area contributed by atoms with Crippen LogP contribution in [0.1, 0.15) is 32.3 Å². The Balaban J connectivity index is 1.58. The summed E-state index contributed by atoms with van der Waals surface area (Å²) >= 11 is 1.37. The third kappa shape index (κ3) is 5.58. The van der Waals surface area contributed by atoms with E-state index in [0.29, 0.717) is 12.5 Å². The Labute approximate surface area is 170 Å². The quantitative estimate of drug-likeness (QED) is 0.573. The summed E-state index contributed by atoms with van der Waals surface area (Å²) in [6, 6.07) is 6.19. The molecule has 0 spiro atoms. The van der Waals surface area contributed by atoms with Crippen molar-refractivity contribution >= 4 is 22.9 Å². The number of piperidine rings is 3. The van der Waals surface area contributed by atoms with Gasteiger partial charge in [-0.2, -0.15) is 0 Å². The van der Waals surface area contributed by atoms with E-state index in [4.69, 9.17) is 4.74 Å². The highest BCUT2D eigenvalue weighted by Crippen LogP contribution is 2.29. The van der Waals surface area contributed by atoms with E-state index < -0.39 is 11.6 Å². The number of ether oxygens (including phenoxy) is 1. The summed E-state index contributed by atoms with van der Waals surface area (Å²) in [5.41, 5.74) is 0.245. The second-order valence-electron chi connectivity index (χ2n) is 8.00. The number of nitrogens with zero attached hydrogens (tertiary/aromatic N) is 2. The fraction of sp³-hybridized carbons (Fsp3) is 0.524. The number of carbonyl (C=O) groups excluding carboxylic acids is 1. The minimum absolute atomic E-state index is 0.0205. The smallest absolute Gasteiger partial charge is 0.407 e. The zero-order valence-corrected chi connectivity index (χ0v) is 17.3. The van der Waals surface area contributed by atoms with Gasteiger partial charge in [-0.25, -0.2) is 9.18 Å². The number of nitrogens with one attached hydrogen (secondary N) is 1. The molecule has 0 unspecified atom stereocenters. The fourth-order valence-corrected chi connectivity index (χ4v) is 4.23. The number of carbonyl (C=O) groups is 1. The molecule has 4 rings (SSSR count). The lowest BCUT2D eigenvalue weighted by Crippen LogP contribution is -2.54. The summed E-state index contributed by atoms with van der Waals surface area (Å²) in [6.45, 7) is 11.0. The van der Waals surface area contributed by atoms with Crippen LogP contribution < -0.4 is 5.32 Å². The molecule has 2 bridgehead atoms. The van der Waals surface area contributed by atoms with Crippen molar-refractivity contribution < 1.29 is 13.9 Å². The molecule has 0 saturated carbocycles. The van der Waals surface area contributed by atoms with Crippen molar-refractivity contribution in [1.82, 2.24) is 10.2 Å². The normalized spacial score (nSPS) is 24.7. The van der Waals surface area contributed by atoms with Crippen LogP contribution in [-0.2, 0) is 4.74 Å². The van der Waals surface area contributed by atoms with Crippen LogP contribution in [0.2, 0.25) is 0 Å². The van der Waals surface area contributed by atoms with Crippen LogP contribution in [0.5, 0.6) is 0 Å². The third-order valence-corrected chi connectivity index (χ3v) is 5.95. The maximum Gasteiger partial charge on any atom is 0.407 e. The van der Waals surface area contributed by atoms with E-state index in [1.54, 1.807) is 17.5 Å². The van der Waals surface area contributed by atoms with Crippen molar-refractivity contribution in [2.75, 3.05) is 26.2 Å². The predicted molar refractivity (Wildman–Crippen MR) is 112 cm³/mol. The molecule has 3 saturated heterocycles. The highest BCUT2D eigenvalue weighted by molar-refractivity contribution is 8.16. The molecule has 0 aromatic heterocycles. The molecular formula is C21H28FN3O2S. The molecular weight excluding hydrogens is 377 g/mol. The van der Waals surface area contributed by atoms with Gasteiger partial charge in [-0.15, -0.1) is 0 Å². The predicted octanol–water partition coefficient (Wildman–Crippen LogP) is 4.05. The molecule has 3 fully saturated rings. The summed E-state index contributed by atoms with van der Waals surface area (Å²) in [4.78, 5) is 19.4. The standard InChI is InChI=1S/C21H28FN3O2S/c1-4-28-19(16-5-7-17(22)8-6-16)23-14-21(2,3)24-20(26)27-18-13-25-11-9-15(18)10-12-25/h4-8,15,18H,1,9-14H2,2-3H3,(H,24,26)/b23-19-/t18-/m1/s1. The minimum Gasteiger partial charge on any atom is -0.445 e. The Morgan fingerprint density at radius 1 is 1.39 bits per heavy atom. The Hall–Kier alpha value is -1.86. The number of benzene rings is 1. The lowest BCUT2D eigenvalue weighted by atomic mass is 9.86. The molecule has 1 aromatic carbocycles. The lowest BCUT2D eigenvalue weighted by Gasteiger charge is -2.44. The summed E-state index contributed by atoms with van der Waals surface area (Å²) in [5, 5.41) is 5.36. The molecule has 152 valence electrons. The molecule has 5 nitrogen and oxygen atoms in total. The van der Waals surface area contributed by atoms with Gasteiger partial charge < -0.3 is 10.1 Å². The first-order chi connectivity index (χ1) is 13.4. The maximum atomic E-state index is 13.2. The lowest BCUT2D eigenvalue weighted by molar-refractivity contribution is -0.0347. The van der Waals surface area contributed by atoms with E-state index in [2.05, 4.69) is 21.8 Å². The first-order valence-corrected chi connectivity index (χ1v) is 10.5. The van der Waals surface area contributed by atoms with Gasteiger partial charge in [0, 0.05) is 12.1 Å². The average molecular weight is 406 g/mol. The van der Waals surface area contributed by atoms with E-state index in [0.717, 1.165) is 43.1 Å². The molecule has 3 aliphatic heterocycles. The van der Waals surface area contributed by atoms with E-state index in [9.17, 15) is 9.18 Å². The van der Waals surface area contributed by atoms with Gasteiger partial charge in [0.15, 0.2) is 0 Å². The molecule has 0 radical (unpaired) electrons. The van der Waals surface area contributed by atoms with Gasteiger partial charge in [-0.1, -0.05) is 18.3 Å². The SMILES string of the molecule is C=CS/C(=N\CC(C)(C)NC(=O)O[C@@H]1CN2CCC1CC2)c1ccc(F)cc1. The van der Waals surface area contributed by atoms with Gasteiger partial charge in [0.2, 0.25) is 0 Å². The number of amides is 1. The number of fused-ring (bicyclic) bond motifs is 3. The number of thioether (sulfide) groups is 1. The number of rotatable bonds is 6. The van der Waals surface area contributed by atoms with Crippen molar-refractivity contribution in [3.05, 3.63) is 47.6 Å². The van der Waals surface area contributed by atoms with Crippen molar-refractivity contribution in [3.8, 4) is 0 Å². The average Bonchev–Trinajstić information content (AvgIpc) is 2.66. The minimum atomic E-state index is -0.571. The van der Waals surface area contributed by atoms with Gasteiger partial charge in [-0.3, -0.25) is 9.89 Å². The van der Waals surface area contributed by atoms with Crippen LogP contribution in [-0.4, -0.2) is 53.9 Å². The van der Waals surface area contributed by atoms with Gasteiger partial charge >= 0.3 is 6.09 Å². The molecule has 0 aliphatic carbocycles. The van der Waals surface area contributed by atoms with Crippen LogP contribution in [0.25, 0.3) is 0 Å². The van der Waals surface area contributed by atoms with E-state index in [1.165, 1.54) is 23.9 Å². The highest BCUT2D eigenvalue weighted by Gasteiger charge is 2.37. The second kappa shape index (κ2) is 9.09. The van der Waals surface area contributed by atoms with Crippen LogP contribution in [0.3, 0.4) is 0 Å². The van der Waals surface area contributed by atoms with Crippen molar-refractivity contribution in [3.63, 3.8) is 0 Å². The van der Waals surface area contributed by atoms with Crippen molar-refractivity contribution in [2.24, 2.45) is 10.9 Å². The summed E-state index contributed by atoms with van der Waals surface area (Å²) in [6.07, 6.45) is 1.79. The van der Waals surface area contributed by atoms with E-state index >= 15 is 0 Å². The van der Waals surface area contributed by atoms with Gasteiger partial charge in [0.1, 0.15) is 17.0 Å². The molecule has 1 atom stereocenters. The van der Waals surface area contributed by atoms with Crippen LogP contribution in [0, 0.1) is 11.7 Å². The Morgan fingerprint density at radius 2 is 2.07 bits per heavy atom. The van der Waals surface area contributed by atoms with Gasteiger partial charge in [0.25, 0.3) is 0 Å². The topological polar surface area (TPSA) is 53.9 Å². The largest absolute Gasteiger partial charge is 0.445 e. The van der Waals surface area contributed by atoms with Crippen LogP contribution in [0.15, 0.2) is 41.2 Å². The molecule has 1 N–H and O–H groups in total. The zero-order valence-electron chi connectivity index (χ0n) is 16.5. The molecule has 7 heteroatoms. The maximum absolute atomic E-state index is 13.2. The Morgan fingerprint density at radius 3 is 2.64 bits per heavy atom. The Bertz CT molecular complexity index is 728. The number of aliphatic imine (C=N–C) groups is 1. The molecule has 3 aliphatic rings. The van der Waals surface area contributed by atoms with E-state index in [-0.39, 0.29) is 11.9 Å². The Kier molecular flexibility index (Phi) is 6.78.